The van der Waals surface area contributed by atoms with Gasteiger partial charge in [-0.05, 0) is 18.2 Å². The Morgan fingerprint density at radius 3 is 2.76 bits per heavy atom. The highest BCUT2D eigenvalue weighted by Gasteiger charge is 2.12. The number of aromatic nitrogens is 1. The molecule has 1 aromatic rings. The van der Waals surface area contributed by atoms with Gasteiger partial charge in [-0.2, -0.15) is 0 Å². The van der Waals surface area contributed by atoms with Crippen molar-refractivity contribution >= 4 is 5.91 Å². The van der Waals surface area contributed by atoms with Gasteiger partial charge in [0.2, 0.25) is 5.76 Å². The first-order valence-corrected chi connectivity index (χ1v) is 5.72. The Hall–Kier alpha value is -1.56. The number of ether oxygens (including phenoxy) is 1. The van der Waals surface area contributed by atoms with Crippen molar-refractivity contribution < 1.29 is 14.1 Å². The van der Waals surface area contributed by atoms with Crippen molar-refractivity contribution in [2.45, 2.75) is 13.8 Å². The quantitative estimate of drug-likeness (QED) is 0.763. The number of rotatable bonds is 7. The van der Waals surface area contributed by atoms with Crippen LogP contribution < -0.4 is 10.1 Å². The Bertz CT molecular complexity index is 347. The van der Waals surface area contributed by atoms with Crippen LogP contribution in [0.25, 0.3) is 0 Å². The van der Waals surface area contributed by atoms with Crippen molar-refractivity contribution in [2.24, 2.45) is 0 Å². The van der Waals surface area contributed by atoms with Crippen LogP contribution in [0.4, 0.5) is 0 Å². The molecule has 96 valence electrons. The normalized spacial score (nSPS) is 10.6. The van der Waals surface area contributed by atoms with Gasteiger partial charge in [-0.25, -0.2) is 0 Å². The summed E-state index contributed by atoms with van der Waals surface area (Å²) in [6.07, 6.45) is 0. The molecule has 0 aromatic carbocycles. The maximum Gasteiger partial charge on any atom is 0.290 e. The molecule has 0 atom stereocenters. The number of carbonyl (C=O) groups is 1. The monoisotopic (exact) mass is 241 g/mol. The summed E-state index contributed by atoms with van der Waals surface area (Å²) < 4.78 is 9.66. The lowest BCUT2D eigenvalue weighted by molar-refractivity contribution is 0.0911. The van der Waals surface area contributed by atoms with Gasteiger partial charge in [0, 0.05) is 13.1 Å². The summed E-state index contributed by atoms with van der Waals surface area (Å²) >= 11 is 0. The topological polar surface area (TPSA) is 67.6 Å². The molecule has 0 aliphatic rings. The van der Waals surface area contributed by atoms with Crippen LogP contribution in [0, 0.1) is 0 Å². The van der Waals surface area contributed by atoms with Crippen LogP contribution in [0.5, 0.6) is 5.88 Å². The molecule has 0 saturated carbocycles. The summed E-state index contributed by atoms with van der Waals surface area (Å²) in [5.41, 5.74) is 0. The van der Waals surface area contributed by atoms with Crippen molar-refractivity contribution in [2.75, 3.05) is 33.3 Å². The number of methoxy groups -OCH3 is 1. The average Bonchev–Trinajstić information content (AvgIpc) is 2.83. The SMILES string of the molecule is CCN(CC)CCNC(=O)c1cc(OC)no1. The highest BCUT2D eigenvalue weighted by molar-refractivity contribution is 5.91. The van der Waals surface area contributed by atoms with E-state index in [-0.39, 0.29) is 11.7 Å². The highest BCUT2D eigenvalue weighted by Crippen LogP contribution is 2.09. The molecule has 0 fully saturated rings. The number of likely N-dealkylation sites (N-methyl/N-ethyl adjacent to an activating group) is 1. The van der Waals surface area contributed by atoms with E-state index in [1.54, 1.807) is 0 Å². The number of carbonyl (C=O) groups excluding carboxylic acids is 1. The van der Waals surface area contributed by atoms with Crippen LogP contribution >= 0.6 is 0 Å². The third kappa shape index (κ3) is 4.07. The minimum absolute atomic E-state index is 0.168. The molecule has 0 unspecified atom stereocenters. The van der Waals surface area contributed by atoms with Crippen LogP contribution in [0.2, 0.25) is 0 Å². The third-order valence-electron chi connectivity index (χ3n) is 2.53. The standard InChI is InChI=1S/C11H19N3O3/c1-4-14(5-2)7-6-12-11(15)9-8-10(16-3)13-17-9/h8H,4-7H2,1-3H3,(H,12,15). The lowest BCUT2D eigenvalue weighted by Gasteiger charge is -2.17. The molecule has 17 heavy (non-hydrogen) atoms. The maximum atomic E-state index is 11.6. The van der Waals surface area contributed by atoms with Crippen molar-refractivity contribution in [3.8, 4) is 5.88 Å². The predicted molar refractivity (Wildman–Crippen MR) is 63.2 cm³/mol. The van der Waals surface area contributed by atoms with Crippen molar-refractivity contribution in [3.05, 3.63) is 11.8 Å². The molecule has 1 rings (SSSR count). The van der Waals surface area contributed by atoms with Gasteiger partial charge in [-0.1, -0.05) is 13.8 Å². The fourth-order valence-corrected chi connectivity index (χ4v) is 1.42. The van der Waals surface area contributed by atoms with E-state index in [1.807, 2.05) is 0 Å². The number of amides is 1. The van der Waals surface area contributed by atoms with E-state index in [1.165, 1.54) is 13.2 Å². The summed E-state index contributed by atoms with van der Waals surface area (Å²) in [5.74, 6) is 0.202. The lowest BCUT2D eigenvalue weighted by Crippen LogP contribution is -2.34. The van der Waals surface area contributed by atoms with E-state index in [0.717, 1.165) is 19.6 Å². The molecule has 1 N–H and O–H groups in total. The molecule has 1 heterocycles. The number of nitrogens with zero attached hydrogens (tertiary/aromatic N) is 2. The summed E-state index contributed by atoms with van der Waals surface area (Å²) in [7, 11) is 1.47. The van der Waals surface area contributed by atoms with Gasteiger partial charge in [0.15, 0.2) is 0 Å². The van der Waals surface area contributed by atoms with Gasteiger partial charge >= 0.3 is 0 Å². The van der Waals surface area contributed by atoms with Crippen molar-refractivity contribution in [3.63, 3.8) is 0 Å². The fourth-order valence-electron chi connectivity index (χ4n) is 1.42. The van der Waals surface area contributed by atoms with Crippen molar-refractivity contribution in [1.82, 2.24) is 15.4 Å². The molecular formula is C11H19N3O3. The molecule has 0 spiro atoms. The second-order valence-corrected chi connectivity index (χ2v) is 3.52. The van der Waals surface area contributed by atoms with Crippen LogP contribution in [-0.4, -0.2) is 49.3 Å². The molecule has 6 heteroatoms. The zero-order valence-electron chi connectivity index (χ0n) is 10.5. The van der Waals surface area contributed by atoms with Gasteiger partial charge in [0.25, 0.3) is 11.8 Å². The predicted octanol–water partition coefficient (Wildman–Crippen LogP) is 0.755. The second kappa shape index (κ2) is 6.90. The molecule has 0 aliphatic heterocycles. The highest BCUT2D eigenvalue weighted by atomic mass is 16.5. The van der Waals surface area contributed by atoms with Gasteiger partial charge in [-0.15, -0.1) is 0 Å². The number of hydrogen-bond donors (Lipinski definition) is 1. The van der Waals surface area contributed by atoms with E-state index in [9.17, 15) is 4.79 Å². The Labute approximate surface area is 101 Å². The largest absolute Gasteiger partial charge is 0.479 e. The first-order valence-electron chi connectivity index (χ1n) is 5.72. The lowest BCUT2D eigenvalue weighted by atomic mass is 10.4. The van der Waals surface area contributed by atoms with E-state index < -0.39 is 0 Å². The van der Waals surface area contributed by atoms with E-state index in [2.05, 4.69) is 29.2 Å². The number of hydrogen-bond acceptors (Lipinski definition) is 5. The van der Waals surface area contributed by atoms with Crippen LogP contribution in [-0.2, 0) is 0 Å². The summed E-state index contributed by atoms with van der Waals surface area (Å²) in [5, 5.41) is 6.33. The van der Waals surface area contributed by atoms with E-state index in [0.29, 0.717) is 12.4 Å². The Morgan fingerprint density at radius 2 is 2.24 bits per heavy atom. The molecule has 1 aromatic heterocycles. The van der Waals surface area contributed by atoms with Crippen LogP contribution in [0.3, 0.4) is 0 Å². The molecular weight excluding hydrogens is 222 g/mol. The zero-order chi connectivity index (χ0) is 12.7. The van der Waals surface area contributed by atoms with Gasteiger partial charge < -0.3 is 19.5 Å². The van der Waals surface area contributed by atoms with E-state index >= 15 is 0 Å². The first kappa shape index (κ1) is 13.5. The van der Waals surface area contributed by atoms with Gasteiger partial charge in [0.05, 0.1) is 13.2 Å². The molecule has 0 aliphatic carbocycles. The molecule has 1 amide bonds. The summed E-state index contributed by atoms with van der Waals surface area (Å²) in [6.45, 7) is 7.54. The van der Waals surface area contributed by atoms with Crippen LogP contribution in [0.1, 0.15) is 24.4 Å². The van der Waals surface area contributed by atoms with Crippen LogP contribution in [0.15, 0.2) is 10.6 Å². The molecule has 0 radical (unpaired) electrons. The fraction of sp³-hybridized carbons (Fsp3) is 0.636. The number of nitrogens with one attached hydrogen (secondary N) is 1. The Kier molecular flexibility index (Phi) is 5.48. The van der Waals surface area contributed by atoms with Gasteiger partial charge in [0.1, 0.15) is 0 Å². The second-order valence-electron chi connectivity index (χ2n) is 3.52. The first-order chi connectivity index (χ1) is 8.21. The summed E-state index contributed by atoms with van der Waals surface area (Å²) in [4.78, 5) is 13.8. The molecule has 0 bridgehead atoms. The summed E-state index contributed by atoms with van der Waals surface area (Å²) in [6, 6.07) is 1.47. The average molecular weight is 241 g/mol. The van der Waals surface area contributed by atoms with Gasteiger partial charge in [-0.3, -0.25) is 4.79 Å². The molecule has 6 nitrogen and oxygen atoms in total. The smallest absolute Gasteiger partial charge is 0.290 e. The maximum absolute atomic E-state index is 11.6. The van der Waals surface area contributed by atoms with E-state index in [4.69, 9.17) is 9.26 Å². The Balaban J connectivity index is 2.34. The Morgan fingerprint density at radius 1 is 1.53 bits per heavy atom. The molecule has 0 saturated heterocycles. The zero-order valence-corrected chi connectivity index (χ0v) is 10.5. The minimum Gasteiger partial charge on any atom is -0.479 e. The minimum atomic E-state index is -0.270. The van der Waals surface area contributed by atoms with Crippen molar-refractivity contribution in [1.29, 1.82) is 0 Å². The third-order valence-corrected chi connectivity index (χ3v) is 2.53.